The molecule has 0 unspecified atom stereocenters. The van der Waals surface area contributed by atoms with Crippen LogP contribution < -0.4 is 0 Å². The molecular weight excluding hydrogens is 284 g/mol. The van der Waals surface area contributed by atoms with Crippen LogP contribution in [0.5, 0.6) is 0 Å². The molecule has 0 atom stereocenters. The molecule has 0 saturated heterocycles. The van der Waals surface area contributed by atoms with Gasteiger partial charge < -0.3 is 14.7 Å². The smallest absolute Gasteiger partial charge is 0.410 e. The Morgan fingerprint density at radius 1 is 1.18 bits per heavy atom. The summed E-state index contributed by atoms with van der Waals surface area (Å²) < 4.78 is 5.39. The van der Waals surface area contributed by atoms with Crippen molar-refractivity contribution in [1.82, 2.24) is 9.80 Å². The zero-order chi connectivity index (χ0) is 17.0. The standard InChI is InChI=1S/C16H30N2O4/c1-15(2,3)22-14(21)18(5)16(9-8-10-16)13(20)17(4)11-6-7-12-19/h19H,6-12H2,1-5H3. The van der Waals surface area contributed by atoms with Crippen molar-refractivity contribution in [2.24, 2.45) is 0 Å². The minimum Gasteiger partial charge on any atom is -0.444 e. The van der Waals surface area contributed by atoms with Gasteiger partial charge in [0, 0.05) is 27.2 Å². The number of rotatable bonds is 6. The number of likely N-dealkylation sites (N-methyl/N-ethyl adjacent to an activating group) is 2. The third-order valence-electron chi connectivity index (χ3n) is 4.14. The summed E-state index contributed by atoms with van der Waals surface area (Å²) in [5.41, 5.74) is -1.34. The Hall–Kier alpha value is -1.30. The third kappa shape index (κ3) is 4.35. The van der Waals surface area contributed by atoms with E-state index < -0.39 is 17.2 Å². The highest BCUT2D eigenvalue weighted by molar-refractivity contribution is 5.90. The molecule has 0 aliphatic heterocycles. The van der Waals surface area contributed by atoms with Gasteiger partial charge in [0.2, 0.25) is 5.91 Å². The molecule has 1 aliphatic carbocycles. The molecule has 128 valence electrons. The Morgan fingerprint density at radius 3 is 2.18 bits per heavy atom. The molecule has 22 heavy (non-hydrogen) atoms. The van der Waals surface area contributed by atoms with E-state index in [1.807, 2.05) is 20.8 Å². The van der Waals surface area contributed by atoms with Crippen molar-refractivity contribution in [2.45, 2.75) is 64.0 Å². The second-order valence-corrected chi connectivity index (χ2v) is 7.08. The van der Waals surface area contributed by atoms with Gasteiger partial charge in [-0.25, -0.2) is 4.79 Å². The van der Waals surface area contributed by atoms with Crippen molar-refractivity contribution < 1.29 is 19.4 Å². The molecule has 1 fully saturated rings. The maximum atomic E-state index is 12.8. The van der Waals surface area contributed by atoms with Crippen LogP contribution in [0.15, 0.2) is 0 Å². The Morgan fingerprint density at radius 2 is 1.77 bits per heavy atom. The Balaban J connectivity index is 2.74. The summed E-state index contributed by atoms with van der Waals surface area (Å²) in [6.45, 7) is 6.16. The molecule has 0 aromatic carbocycles. The minimum atomic E-state index is -0.768. The van der Waals surface area contributed by atoms with Gasteiger partial charge in [0.05, 0.1) is 0 Å². The van der Waals surface area contributed by atoms with Gasteiger partial charge in [-0.1, -0.05) is 0 Å². The number of nitrogens with zero attached hydrogens (tertiary/aromatic N) is 2. The second-order valence-electron chi connectivity index (χ2n) is 7.08. The highest BCUT2D eigenvalue weighted by atomic mass is 16.6. The molecule has 0 radical (unpaired) electrons. The van der Waals surface area contributed by atoms with Crippen molar-refractivity contribution in [3.05, 3.63) is 0 Å². The van der Waals surface area contributed by atoms with E-state index in [0.717, 1.165) is 12.8 Å². The molecular formula is C16H30N2O4. The van der Waals surface area contributed by atoms with Crippen LogP contribution in [-0.2, 0) is 9.53 Å². The fraction of sp³-hybridized carbons (Fsp3) is 0.875. The van der Waals surface area contributed by atoms with E-state index in [9.17, 15) is 9.59 Å². The van der Waals surface area contributed by atoms with E-state index in [0.29, 0.717) is 25.8 Å². The molecule has 1 saturated carbocycles. The summed E-state index contributed by atoms with van der Waals surface area (Å²) >= 11 is 0. The number of hydrogen-bond acceptors (Lipinski definition) is 4. The summed E-state index contributed by atoms with van der Waals surface area (Å²) in [6, 6.07) is 0. The Bertz CT molecular complexity index is 399. The first-order valence-electron chi connectivity index (χ1n) is 7.97. The van der Waals surface area contributed by atoms with Gasteiger partial charge >= 0.3 is 6.09 Å². The van der Waals surface area contributed by atoms with Crippen molar-refractivity contribution in [1.29, 1.82) is 0 Å². The number of ether oxygens (including phenoxy) is 1. The fourth-order valence-electron chi connectivity index (χ4n) is 2.63. The van der Waals surface area contributed by atoms with E-state index in [1.54, 1.807) is 19.0 Å². The summed E-state index contributed by atoms with van der Waals surface area (Å²) in [5.74, 6) is -0.0370. The summed E-state index contributed by atoms with van der Waals surface area (Å²) in [5, 5.41) is 8.83. The molecule has 0 spiro atoms. The summed E-state index contributed by atoms with van der Waals surface area (Å²) in [7, 11) is 3.40. The third-order valence-corrected chi connectivity index (χ3v) is 4.14. The lowest BCUT2D eigenvalue weighted by molar-refractivity contribution is -0.148. The SMILES string of the molecule is CN(CCCCO)C(=O)C1(N(C)C(=O)OC(C)(C)C)CCC1. The van der Waals surface area contributed by atoms with Gasteiger partial charge in [-0.15, -0.1) is 0 Å². The number of aliphatic hydroxyl groups excluding tert-OH is 1. The molecule has 0 heterocycles. The normalized spacial score (nSPS) is 16.6. The lowest BCUT2D eigenvalue weighted by atomic mass is 9.74. The number of hydrogen-bond donors (Lipinski definition) is 1. The zero-order valence-electron chi connectivity index (χ0n) is 14.5. The zero-order valence-corrected chi connectivity index (χ0v) is 14.5. The quantitative estimate of drug-likeness (QED) is 0.761. The Labute approximate surface area is 133 Å². The maximum absolute atomic E-state index is 12.8. The molecule has 1 N–H and O–H groups in total. The van der Waals surface area contributed by atoms with Gasteiger partial charge in [-0.3, -0.25) is 9.69 Å². The van der Waals surface area contributed by atoms with E-state index in [-0.39, 0.29) is 12.5 Å². The molecule has 6 heteroatoms. The summed E-state index contributed by atoms with van der Waals surface area (Å²) in [4.78, 5) is 28.2. The maximum Gasteiger partial charge on any atom is 0.410 e. The lowest BCUT2D eigenvalue weighted by Gasteiger charge is -2.48. The topological polar surface area (TPSA) is 70.1 Å². The number of unbranched alkanes of at least 4 members (excludes halogenated alkanes) is 1. The largest absolute Gasteiger partial charge is 0.444 e. The first kappa shape index (κ1) is 18.7. The lowest BCUT2D eigenvalue weighted by Crippen LogP contribution is -2.63. The second kappa shape index (κ2) is 7.31. The first-order valence-corrected chi connectivity index (χ1v) is 7.97. The van der Waals surface area contributed by atoms with Crippen molar-refractivity contribution in [3.8, 4) is 0 Å². The molecule has 1 aliphatic rings. The monoisotopic (exact) mass is 314 g/mol. The molecule has 1 rings (SSSR count). The van der Waals surface area contributed by atoms with Crippen LogP contribution in [0.3, 0.4) is 0 Å². The first-order chi connectivity index (χ1) is 10.1. The van der Waals surface area contributed by atoms with Gasteiger partial charge in [0.1, 0.15) is 11.1 Å². The predicted octanol–water partition coefficient (Wildman–Crippen LogP) is 2.01. The molecule has 0 bridgehead atoms. The fourth-order valence-corrected chi connectivity index (χ4v) is 2.63. The number of carbonyl (C=O) groups excluding carboxylic acids is 2. The van der Waals surface area contributed by atoms with Gasteiger partial charge in [-0.2, -0.15) is 0 Å². The Kier molecular flexibility index (Phi) is 6.23. The predicted molar refractivity (Wildman–Crippen MR) is 84.5 cm³/mol. The van der Waals surface area contributed by atoms with Crippen molar-refractivity contribution in [2.75, 3.05) is 27.2 Å². The van der Waals surface area contributed by atoms with E-state index >= 15 is 0 Å². The molecule has 2 amide bonds. The summed E-state index contributed by atoms with van der Waals surface area (Å²) in [6.07, 6.45) is 3.25. The molecule has 6 nitrogen and oxygen atoms in total. The van der Waals surface area contributed by atoms with Crippen LogP contribution in [-0.4, -0.2) is 65.3 Å². The van der Waals surface area contributed by atoms with Gasteiger partial charge in [0.25, 0.3) is 0 Å². The minimum absolute atomic E-state index is 0.0370. The van der Waals surface area contributed by atoms with Crippen molar-refractivity contribution in [3.63, 3.8) is 0 Å². The number of amides is 2. The van der Waals surface area contributed by atoms with Crippen LogP contribution in [0.2, 0.25) is 0 Å². The van der Waals surface area contributed by atoms with Crippen LogP contribution in [0.1, 0.15) is 52.9 Å². The highest BCUT2D eigenvalue weighted by Gasteiger charge is 2.51. The van der Waals surface area contributed by atoms with E-state index in [2.05, 4.69) is 0 Å². The van der Waals surface area contributed by atoms with Crippen molar-refractivity contribution >= 4 is 12.0 Å². The van der Waals surface area contributed by atoms with Crippen LogP contribution in [0.4, 0.5) is 4.79 Å². The molecule has 0 aromatic rings. The highest BCUT2D eigenvalue weighted by Crippen LogP contribution is 2.39. The average molecular weight is 314 g/mol. The van der Waals surface area contributed by atoms with E-state index in [4.69, 9.17) is 9.84 Å². The number of carbonyl (C=O) groups is 2. The van der Waals surface area contributed by atoms with Gasteiger partial charge in [-0.05, 0) is 52.9 Å². The van der Waals surface area contributed by atoms with Crippen LogP contribution >= 0.6 is 0 Å². The average Bonchev–Trinajstić information content (AvgIpc) is 2.35. The van der Waals surface area contributed by atoms with E-state index in [1.165, 1.54) is 4.90 Å². The molecule has 0 aromatic heterocycles. The number of aliphatic hydroxyl groups is 1. The van der Waals surface area contributed by atoms with Crippen LogP contribution in [0, 0.1) is 0 Å². The van der Waals surface area contributed by atoms with Gasteiger partial charge in [0.15, 0.2) is 0 Å². The van der Waals surface area contributed by atoms with Crippen LogP contribution in [0.25, 0.3) is 0 Å².